The third kappa shape index (κ3) is 2.01. The maximum atomic E-state index is 11.7. The molecule has 2 rings (SSSR count). The molecule has 1 N–H and O–H groups in total. The van der Waals surface area contributed by atoms with Crippen LogP contribution in [-0.4, -0.2) is 24.2 Å². The minimum atomic E-state index is 0.0606. The summed E-state index contributed by atoms with van der Waals surface area (Å²) in [5.41, 5.74) is 0.835. The molecule has 15 heavy (non-hydrogen) atoms. The monoisotopic (exact) mass is 223 g/mol. The highest BCUT2D eigenvalue weighted by molar-refractivity contribution is 7.80. The molecule has 0 spiro atoms. The van der Waals surface area contributed by atoms with Crippen molar-refractivity contribution in [2.24, 2.45) is 5.92 Å². The fourth-order valence-corrected chi connectivity index (χ4v) is 2.11. The Balaban J connectivity index is 2.25. The van der Waals surface area contributed by atoms with Gasteiger partial charge in [0.05, 0.1) is 5.69 Å². The molecular formula is C11H13NO2S. The van der Waals surface area contributed by atoms with Crippen LogP contribution in [0.4, 0.5) is 5.69 Å². The van der Waals surface area contributed by atoms with Gasteiger partial charge in [-0.15, -0.1) is 12.6 Å². The van der Waals surface area contributed by atoms with Gasteiger partial charge in [0.15, 0.2) is 0 Å². The summed E-state index contributed by atoms with van der Waals surface area (Å²) in [4.78, 5) is 14.2. The van der Waals surface area contributed by atoms with E-state index in [0.717, 1.165) is 10.6 Å². The first-order valence-electron chi connectivity index (χ1n) is 4.91. The Labute approximate surface area is 94.1 Å². The van der Waals surface area contributed by atoms with Gasteiger partial charge in [0.1, 0.15) is 0 Å². The lowest BCUT2D eigenvalue weighted by Crippen LogP contribution is -2.25. The Morgan fingerprint density at radius 1 is 1.47 bits per heavy atom. The third-order valence-electron chi connectivity index (χ3n) is 2.64. The molecule has 1 aromatic carbocycles. The molecule has 1 atom stereocenters. The predicted octanol–water partition coefficient (Wildman–Crippen LogP) is 1.32. The standard InChI is InChI=1S/C11H13NO2S/c13-7-8-5-11(14)12(6-8)9-3-1-2-4-10(9)15/h1-4,8,13,15H,5-7H2. The van der Waals surface area contributed by atoms with Crippen molar-refractivity contribution in [3.63, 3.8) is 0 Å². The number of anilines is 1. The van der Waals surface area contributed by atoms with Crippen molar-refractivity contribution in [2.45, 2.75) is 11.3 Å². The first-order valence-corrected chi connectivity index (χ1v) is 5.36. The fourth-order valence-electron chi connectivity index (χ4n) is 1.83. The van der Waals surface area contributed by atoms with E-state index in [9.17, 15) is 4.79 Å². The maximum absolute atomic E-state index is 11.7. The van der Waals surface area contributed by atoms with Gasteiger partial charge in [-0.2, -0.15) is 0 Å². The van der Waals surface area contributed by atoms with Crippen molar-refractivity contribution >= 4 is 24.2 Å². The lowest BCUT2D eigenvalue weighted by atomic mass is 10.1. The molecule has 0 aromatic heterocycles. The molecule has 80 valence electrons. The van der Waals surface area contributed by atoms with Crippen LogP contribution in [0.5, 0.6) is 0 Å². The summed E-state index contributed by atoms with van der Waals surface area (Å²) in [5.74, 6) is 0.126. The summed E-state index contributed by atoms with van der Waals surface area (Å²) >= 11 is 4.32. The van der Waals surface area contributed by atoms with Gasteiger partial charge in [0.2, 0.25) is 5.91 Å². The van der Waals surface area contributed by atoms with E-state index in [2.05, 4.69) is 12.6 Å². The lowest BCUT2D eigenvalue weighted by molar-refractivity contribution is -0.117. The zero-order chi connectivity index (χ0) is 10.8. The molecule has 1 fully saturated rings. The number of para-hydroxylation sites is 1. The van der Waals surface area contributed by atoms with Crippen LogP contribution in [0.2, 0.25) is 0 Å². The van der Waals surface area contributed by atoms with Crippen molar-refractivity contribution in [1.29, 1.82) is 0 Å². The number of amides is 1. The van der Waals surface area contributed by atoms with Gasteiger partial charge in [-0.1, -0.05) is 12.1 Å². The summed E-state index contributed by atoms with van der Waals surface area (Å²) in [6, 6.07) is 7.50. The molecule has 0 aliphatic carbocycles. The Hall–Kier alpha value is -1.00. The van der Waals surface area contributed by atoms with Crippen molar-refractivity contribution in [2.75, 3.05) is 18.1 Å². The number of carbonyl (C=O) groups is 1. The summed E-state index contributed by atoms with van der Waals surface area (Å²) in [5, 5.41) is 9.02. The number of aliphatic hydroxyl groups is 1. The third-order valence-corrected chi connectivity index (χ3v) is 3.01. The van der Waals surface area contributed by atoms with E-state index >= 15 is 0 Å². The van der Waals surface area contributed by atoms with E-state index in [-0.39, 0.29) is 18.4 Å². The Morgan fingerprint density at radius 3 is 2.80 bits per heavy atom. The van der Waals surface area contributed by atoms with Crippen LogP contribution in [-0.2, 0) is 4.79 Å². The van der Waals surface area contributed by atoms with Gasteiger partial charge in [-0.3, -0.25) is 4.79 Å². The first kappa shape index (κ1) is 10.5. The summed E-state index contributed by atoms with van der Waals surface area (Å²) < 4.78 is 0. The number of carbonyl (C=O) groups excluding carboxylic acids is 1. The van der Waals surface area contributed by atoms with Gasteiger partial charge < -0.3 is 10.0 Å². The van der Waals surface area contributed by atoms with Crippen LogP contribution in [0, 0.1) is 5.92 Å². The second-order valence-corrected chi connectivity index (χ2v) is 4.23. The molecule has 1 aliphatic rings. The van der Waals surface area contributed by atoms with E-state index in [1.807, 2.05) is 24.3 Å². The second kappa shape index (κ2) is 4.24. The number of nitrogens with zero attached hydrogens (tertiary/aromatic N) is 1. The Bertz CT molecular complexity index is 381. The predicted molar refractivity (Wildman–Crippen MR) is 61.2 cm³/mol. The molecule has 1 heterocycles. The number of rotatable bonds is 2. The molecule has 1 saturated heterocycles. The summed E-state index contributed by atoms with van der Waals surface area (Å²) in [7, 11) is 0. The van der Waals surface area contributed by atoms with Crippen LogP contribution in [0.3, 0.4) is 0 Å². The zero-order valence-corrected chi connectivity index (χ0v) is 9.15. The highest BCUT2D eigenvalue weighted by atomic mass is 32.1. The second-order valence-electron chi connectivity index (χ2n) is 3.75. The lowest BCUT2D eigenvalue weighted by Gasteiger charge is -2.18. The minimum Gasteiger partial charge on any atom is -0.396 e. The summed E-state index contributed by atoms with van der Waals surface area (Å²) in [6.07, 6.45) is 0.429. The average molecular weight is 223 g/mol. The molecule has 0 bridgehead atoms. The van der Waals surface area contributed by atoms with Crippen molar-refractivity contribution < 1.29 is 9.90 Å². The van der Waals surface area contributed by atoms with Crippen LogP contribution >= 0.6 is 12.6 Å². The van der Waals surface area contributed by atoms with Crippen molar-refractivity contribution in [3.05, 3.63) is 24.3 Å². The van der Waals surface area contributed by atoms with Gasteiger partial charge in [0.25, 0.3) is 0 Å². The van der Waals surface area contributed by atoms with Gasteiger partial charge in [-0.05, 0) is 12.1 Å². The molecule has 0 saturated carbocycles. The van der Waals surface area contributed by atoms with Crippen LogP contribution in [0.25, 0.3) is 0 Å². The Morgan fingerprint density at radius 2 is 2.20 bits per heavy atom. The Kier molecular flexibility index (Phi) is 2.98. The van der Waals surface area contributed by atoms with E-state index in [0.29, 0.717) is 13.0 Å². The number of hydrogen-bond acceptors (Lipinski definition) is 3. The average Bonchev–Trinajstić information content (AvgIpc) is 2.60. The molecule has 1 aliphatic heterocycles. The van der Waals surface area contributed by atoms with E-state index in [4.69, 9.17) is 5.11 Å². The van der Waals surface area contributed by atoms with Gasteiger partial charge in [-0.25, -0.2) is 0 Å². The SMILES string of the molecule is O=C1CC(CO)CN1c1ccccc1S. The smallest absolute Gasteiger partial charge is 0.227 e. The van der Waals surface area contributed by atoms with Crippen molar-refractivity contribution in [1.82, 2.24) is 0 Å². The quantitative estimate of drug-likeness (QED) is 0.742. The number of aliphatic hydroxyl groups excluding tert-OH is 1. The van der Waals surface area contributed by atoms with E-state index in [1.54, 1.807) is 4.90 Å². The molecule has 0 radical (unpaired) electrons. The zero-order valence-electron chi connectivity index (χ0n) is 8.26. The van der Waals surface area contributed by atoms with Crippen LogP contribution < -0.4 is 4.90 Å². The molecule has 1 aromatic rings. The molecule has 1 unspecified atom stereocenters. The van der Waals surface area contributed by atoms with Crippen LogP contribution in [0.15, 0.2) is 29.2 Å². The van der Waals surface area contributed by atoms with E-state index in [1.165, 1.54) is 0 Å². The topological polar surface area (TPSA) is 40.5 Å². The minimum absolute atomic E-state index is 0.0606. The maximum Gasteiger partial charge on any atom is 0.227 e. The highest BCUT2D eigenvalue weighted by Gasteiger charge is 2.30. The largest absolute Gasteiger partial charge is 0.396 e. The summed E-state index contributed by atoms with van der Waals surface area (Å²) in [6.45, 7) is 0.657. The van der Waals surface area contributed by atoms with Gasteiger partial charge in [0, 0.05) is 30.4 Å². The number of thiol groups is 1. The first-order chi connectivity index (χ1) is 7.22. The fraction of sp³-hybridized carbons (Fsp3) is 0.364. The van der Waals surface area contributed by atoms with Gasteiger partial charge >= 0.3 is 0 Å². The molecule has 3 nitrogen and oxygen atoms in total. The van der Waals surface area contributed by atoms with E-state index < -0.39 is 0 Å². The molecular weight excluding hydrogens is 210 g/mol. The van der Waals surface area contributed by atoms with Crippen molar-refractivity contribution in [3.8, 4) is 0 Å². The normalized spacial score (nSPS) is 21.1. The van der Waals surface area contributed by atoms with Crippen LogP contribution in [0.1, 0.15) is 6.42 Å². The number of benzene rings is 1. The number of hydrogen-bond donors (Lipinski definition) is 2. The molecule has 1 amide bonds. The highest BCUT2D eigenvalue weighted by Crippen LogP contribution is 2.29. The molecule has 4 heteroatoms.